The zero-order chi connectivity index (χ0) is 6.97. The maximum absolute atomic E-state index is 2.48. The van der Waals surface area contributed by atoms with Crippen molar-refractivity contribution in [2.75, 3.05) is 0 Å². The van der Waals surface area contributed by atoms with Gasteiger partial charge in [0.1, 0.15) is 0 Å². The van der Waals surface area contributed by atoms with E-state index in [1.54, 1.807) is 5.57 Å². The molecular formula is C10H16. The molecule has 0 spiro atoms. The summed E-state index contributed by atoms with van der Waals surface area (Å²) in [6.07, 6.45) is 9.78. The third-order valence-electron chi connectivity index (χ3n) is 2.69. The second kappa shape index (κ2) is 2.41. The maximum atomic E-state index is 2.48. The van der Waals surface area contributed by atoms with Crippen molar-refractivity contribution in [3.63, 3.8) is 0 Å². The van der Waals surface area contributed by atoms with Gasteiger partial charge in [-0.2, -0.15) is 0 Å². The number of rotatable bonds is 3. The Balaban J connectivity index is 1.76. The second-order valence-electron chi connectivity index (χ2n) is 3.90. The largest absolute Gasteiger partial charge is 0.0851 e. The van der Waals surface area contributed by atoms with Gasteiger partial charge >= 0.3 is 0 Å². The predicted octanol–water partition coefficient (Wildman–Crippen LogP) is 3.14. The van der Waals surface area contributed by atoms with Gasteiger partial charge in [-0.05, 0) is 50.9 Å². The summed E-state index contributed by atoms with van der Waals surface area (Å²) < 4.78 is 0. The van der Waals surface area contributed by atoms with Gasteiger partial charge < -0.3 is 0 Å². The van der Waals surface area contributed by atoms with Crippen molar-refractivity contribution in [1.82, 2.24) is 0 Å². The molecule has 0 heterocycles. The third kappa shape index (κ3) is 1.62. The standard InChI is InChI=1S/C10H16/c1-8(10-6-7-10)2-3-9-4-5-9/h2,9-10H,3-7H2,1H3. The minimum absolute atomic E-state index is 0.999. The first-order chi connectivity index (χ1) is 4.86. The molecule has 0 aliphatic heterocycles. The van der Waals surface area contributed by atoms with Gasteiger partial charge in [0.25, 0.3) is 0 Å². The van der Waals surface area contributed by atoms with Gasteiger partial charge in [-0.15, -0.1) is 0 Å². The molecule has 2 fully saturated rings. The molecule has 0 unspecified atom stereocenters. The summed E-state index contributed by atoms with van der Waals surface area (Å²) in [4.78, 5) is 0. The summed E-state index contributed by atoms with van der Waals surface area (Å²) in [6, 6.07) is 0. The zero-order valence-electron chi connectivity index (χ0n) is 6.77. The molecule has 0 N–H and O–H groups in total. The highest BCUT2D eigenvalue weighted by atomic mass is 14.3. The molecule has 0 nitrogen and oxygen atoms in total. The molecule has 2 saturated carbocycles. The minimum atomic E-state index is 0.999. The predicted molar refractivity (Wildman–Crippen MR) is 43.8 cm³/mol. The topological polar surface area (TPSA) is 0 Å². The molecule has 2 rings (SSSR count). The van der Waals surface area contributed by atoms with Crippen molar-refractivity contribution in [3.8, 4) is 0 Å². The molecule has 56 valence electrons. The van der Waals surface area contributed by atoms with Crippen molar-refractivity contribution in [1.29, 1.82) is 0 Å². The fraction of sp³-hybridized carbons (Fsp3) is 0.800. The summed E-state index contributed by atoms with van der Waals surface area (Å²) in [5.41, 5.74) is 1.67. The molecular weight excluding hydrogens is 120 g/mol. The van der Waals surface area contributed by atoms with E-state index in [0.29, 0.717) is 0 Å². The van der Waals surface area contributed by atoms with Crippen LogP contribution in [0.15, 0.2) is 11.6 Å². The van der Waals surface area contributed by atoms with Gasteiger partial charge in [0, 0.05) is 0 Å². The molecule has 2 aliphatic rings. The molecule has 0 heteroatoms. The van der Waals surface area contributed by atoms with Crippen LogP contribution in [0.4, 0.5) is 0 Å². The zero-order valence-corrected chi connectivity index (χ0v) is 6.77. The van der Waals surface area contributed by atoms with Crippen LogP contribution in [0, 0.1) is 11.8 Å². The highest BCUT2D eigenvalue weighted by Gasteiger charge is 2.24. The monoisotopic (exact) mass is 136 g/mol. The van der Waals surface area contributed by atoms with Crippen LogP contribution >= 0.6 is 0 Å². The Kier molecular flexibility index (Phi) is 1.55. The maximum Gasteiger partial charge on any atom is -0.0206 e. The van der Waals surface area contributed by atoms with Crippen LogP contribution in [0.3, 0.4) is 0 Å². The molecule has 2 aliphatic carbocycles. The highest BCUT2D eigenvalue weighted by molar-refractivity contribution is 5.10. The van der Waals surface area contributed by atoms with Gasteiger partial charge in [0.15, 0.2) is 0 Å². The van der Waals surface area contributed by atoms with E-state index in [0.717, 1.165) is 11.8 Å². The smallest absolute Gasteiger partial charge is 0.0206 e. The average Bonchev–Trinajstić information content (AvgIpc) is 2.76. The Bertz CT molecular complexity index is 147. The van der Waals surface area contributed by atoms with E-state index in [-0.39, 0.29) is 0 Å². The summed E-state index contributed by atoms with van der Waals surface area (Å²) in [5.74, 6) is 2.08. The molecule has 0 atom stereocenters. The lowest BCUT2D eigenvalue weighted by Crippen LogP contribution is -1.79. The van der Waals surface area contributed by atoms with Crippen molar-refractivity contribution in [2.45, 2.75) is 39.0 Å². The fourth-order valence-electron chi connectivity index (χ4n) is 1.41. The van der Waals surface area contributed by atoms with Gasteiger partial charge in [0.05, 0.1) is 0 Å². The van der Waals surface area contributed by atoms with Crippen LogP contribution < -0.4 is 0 Å². The van der Waals surface area contributed by atoms with Crippen molar-refractivity contribution >= 4 is 0 Å². The van der Waals surface area contributed by atoms with Gasteiger partial charge in [0.2, 0.25) is 0 Å². The molecule has 0 saturated heterocycles. The van der Waals surface area contributed by atoms with Crippen molar-refractivity contribution in [3.05, 3.63) is 11.6 Å². The van der Waals surface area contributed by atoms with Crippen molar-refractivity contribution < 1.29 is 0 Å². The van der Waals surface area contributed by atoms with Crippen LogP contribution in [-0.4, -0.2) is 0 Å². The third-order valence-corrected chi connectivity index (χ3v) is 2.69. The first-order valence-corrected chi connectivity index (χ1v) is 4.53. The quantitative estimate of drug-likeness (QED) is 0.523. The van der Waals surface area contributed by atoms with Crippen LogP contribution in [0.5, 0.6) is 0 Å². The van der Waals surface area contributed by atoms with E-state index in [1.165, 1.54) is 32.1 Å². The van der Waals surface area contributed by atoms with Gasteiger partial charge in [-0.3, -0.25) is 0 Å². The Morgan fingerprint density at radius 2 is 2.00 bits per heavy atom. The normalized spacial score (nSPS) is 27.1. The van der Waals surface area contributed by atoms with E-state index < -0.39 is 0 Å². The summed E-state index contributed by atoms with van der Waals surface area (Å²) >= 11 is 0. The van der Waals surface area contributed by atoms with E-state index in [1.807, 2.05) is 0 Å². The van der Waals surface area contributed by atoms with Gasteiger partial charge in [-0.25, -0.2) is 0 Å². The highest BCUT2D eigenvalue weighted by Crippen LogP contribution is 2.38. The Hall–Kier alpha value is -0.260. The summed E-state index contributed by atoms with van der Waals surface area (Å²) in [7, 11) is 0. The summed E-state index contributed by atoms with van der Waals surface area (Å²) in [5, 5.41) is 0. The minimum Gasteiger partial charge on any atom is -0.0851 e. The average molecular weight is 136 g/mol. The Morgan fingerprint density at radius 3 is 2.50 bits per heavy atom. The van der Waals surface area contributed by atoms with E-state index in [2.05, 4.69) is 13.0 Å². The fourth-order valence-corrected chi connectivity index (χ4v) is 1.41. The lowest BCUT2D eigenvalue weighted by Gasteiger charge is -1.94. The van der Waals surface area contributed by atoms with Crippen LogP contribution in [0.25, 0.3) is 0 Å². The first-order valence-electron chi connectivity index (χ1n) is 4.53. The van der Waals surface area contributed by atoms with Gasteiger partial charge in [-0.1, -0.05) is 11.6 Å². The SMILES string of the molecule is CC(=CCC1CC1)C1CC1. The Labute approximate surface area is 63.3 Å². The van der Waals surface area contributed by atoms with E-state index >= 15 is 0 Å². The van der Waals surface area contributed by atoms with Crippen molar-refractivity contribution in [2.24, 2.45) is 11.8 Å². The summed E-state index contributed by atoms with van der Waals surface area (Å²) in [6.45, 7) is 2.31. The molecule has 0 amide bonds. The molecule has 0 aromatic carbocycles. The molecule has 0 aromatic heterocycles. The second-order valence-corrected chi connectivity index (χ2v) is 3.90. The molecule has 0 aromatic rings. The number of hydrogen-bond donors (Lipinski definition) is 0. The van der Waals surface area contributed by atoms with Crippen LogP contribution in [0.2, 0.25) is 0 Å². The number of allylic oxidation sites excluding steroid dienone is 2. The molecule has 10 heavy (non-hydrogen) atoms. The van der Waals surface area contributed by atoms with Crippen LogP contribution in [0.1, 0.15) is 39.0 Å². The van der Waals surface area contributed by atoms with Crippen LogP contribution in [-0.2, 0) is 0 Å². The number of hydrogen-bond acceptors (Lipinski definition) is 0. The molecule has 0 bridgehead atoms. The van der Waals surface area contributed by atoms with E-state index in [4.69, 9.17) is 0 Å². The lowest BCUT2D eigenvalue weighted by molar-refractivity contribution is 0.841. The Morgan fingerprint density at radius 1 is 1.30 bits per heavy atom. The first kappa shape index (κ1) is 6.45. The van der Waals surface area contributed by atoms with E-state index in [9.17, 15) is 0 Å². The lowest BCUT2D eigenvalue weighted by atomic mass is 10.1. The molecule has 0 radical (unpaired) electrons.